The second kappa shape index (κ2) is 5.66. The van der Waals surface area contributed by atoms with Crippen LogP contribution in [-0.4, -0.2) is 4.98 Å². The van der Waals surface area contributed by atoms with Gasteiger partial charge in [0, 0.05) is 21.6 Å². The highest BCUT2D eigenvalue weighted by Crippen LogP contribution is 2.24. The summed E-state index contributed by atoms with van der Waals surface area (Å²) in [6.45, 7) is 0. The van der Waals surface area contributed by atoms with Gasteiger partial charge < -0.3 is 0 Å². The Morgan fingerprint density at radius 3 is 2.60 bits per heavy atom. The lowest BCUT2D eigenvalue weighted by Gasteiger charge is -2.02. The van der Waals surface area contributed by atoms with Gasteiger partial charge >= 0.3 is 0 Å². The monoisotopic (exact) mass is 299 g/mol. The predicted molar refractivity (Wildman–Crippen MR) is 87.1 cm³/mol. The van der Waals surface area contributed by atoms with Crippen LogP contribution in [0, 0.1) is 0 Å². The minimum absolute atomic E-state index is 0.633. The SMILES string of the molecule is Clc1ccc(C=Cc2nccc3ccccc23)c(Cl)c1. The van der Waals surface area contributed by atoms with Crippen LogP contribution in [0.25, 0.3) is 22.9 Å². The molecule has 1 nitrogen and oxygen atoms in total. The van der Waals surface area contributed by atoms with Gasteiger partial charge in [-0.25, -0.2) is 0 Å². The maximum atomic E-state index is 6.16. The summed E-state index contributed by atoms with van der Waals surface area (Å²) in [6, 6.07) is 15.6. The van der Waals surface area contributed by atoms with Gasteiger partial charge in [0.2, 0.25) is 0 Å². The first-order valence-electron chi connectivity index (χ1n) is 6.21. The Morgan fingerprint density at radius 1 is 0.900 bits per heavy atom. The Hall–Kier alpha value is -1.83. The zero-order chi connectivity index (χ0) is 13.9. The van der Waals surface area contributed by atoms with Crippen LogP contribution in [-0.2, 0) is 0 Å². The van der Waals surface area contributed by atoms with Crippen LogP contribution in [0.4, 0.5) is 0 Å². The third kappa shape index (κ3) is 2.69. The van der Waals surface area contributed by atoms with Crippen molar-refractivity contribution in [1.82, 2.24) is 4.98 Å². The van der Waals surface area contributed by atoms with Gasteiger partial charge in [0.05, 0.1) is 5.69 Å². The second-order valence-corrected chi connectivity index (χ2v) is 5.26. The molecule has 3 rings (SSSR count). The van der Waals surface area contributed by atoms with Crippen molar-refractivity contribution in [3.8, 4) is 0 Å². The Morgan fingerprint density at radius 2 is 1.75 bits per heavy atom. The number of halogens is 2. The van der Waals surface area contributed by atoms with Gasteiger partial charge in [0.25, 0.3) is 0 Å². The summed E-state index contributed by atoms with van der Waals surface area (Å²) in [5.74, 6) is 0. The normalized spacial score (nSPS) is 11.3. The molecule has 0 aliphatic carbocycles. The van der Waals surface area contributed by atoms with E-state index in [9.17, 15) is 0 Å². The van der Waals surface area contributed by atoms with Crippen LogP contribution in [0.15, 0.2) is 54.7 Å². The van der Waals surface area contributed by atoms with Gasteiger partial charge in [-0.05, 0) is 35.2 Å². The predicted octanol–water partition coefficient (Wildman–Crippen LogP) is 5.71. The number of benzene rings is 2. The van der Waals surface area contributed by atoms with E-state index < -0.39 is 0 Å². The molecule has 0 radical (unpaired) electrons. The average molecular weight is 300 g/mol. The molecule has 1 heterocycles. The van der Waals surface area contributed by atoms with E-state index >= 15 is 0 Å². The van der Waals surface area contributed by atoms with Crippen molar-refractivity contribution >= 4 is 46.1 Å². The molecule has 0 unspecified atom stereocenters. The number of pyridine rings is 1. The molecule has 98 valence electrons. The molecular formula is C17H11Cl2N. The van der Waals surface area contributed by atoms with Crippen LogP contribution in [0.1, 0.15) is 11.3 Å². The quantitative estimate of drug-likeness (QED) is 0.590. The Kier molecular flexibility index (Phi) is 3.72. The summed E-state index contributed by atoms with van der Waals surface area (Å²) in [7, 11) is 0. The van der Waals surface area contributed by atoms with Gasteiger partial charge in [-0.1, -0.05) is 59.6 Å². The van der Waals surface area contributed by atoms with E-state index in [0.29, 0.717) is 10.0 Å². The molecular weight excluding hydrogens is 289 g/mol. The maximum Gasteiger partial charge on any atom is 0.0708 e. The molecule has 1 aromatic heterocycles. The van der Waals surface area contributed by atoms with E-state index in [0.717, 1.165) is 16.6 Å². The molecule has 0 bridgehead atoms. The van der Waals surface area contributed by atoms with Crippen molar-refractivity contribution in [3.05, 3.63) is 76.0 Å². The third-order valence-corrected chi connectivity index (χ3v) is 3.65. The van der Waals surface area contributed by atoms with Crippen molar-refractivity contribution in [2.24, 2.45) is 0 Å². The van der Waals surface area contributed by atoms with E-state index in [1.54, 1.807) is 6.07 Å². The van der Waals surface area contributed by atoms with Crippen molar-refractivity contribution in [2.45, 2.75) is 0 Å². The van der Waals surface area contributed by atoms with Crippen molar-refractivity contribution < 1.29 is 0 Å². The molecule has 3 heteroatoms. The molecule has 0 fully saturated rings. The highest BCUT2D eigenvalue weighted by molar-refractivity contribution is 6.35. The van der Waals surface area contributed by atoms with Crippen LogP contribution in [0.3, 0.4) is 0 Å². The highest BCUT2D eigenvalue weighted by atomic mass is 35.5. The lowest BCUT2D eigenvalue weighted by molar-refractivity contribution is 1.33. The molecule has 0 aliphatic heterocycles. The number of hydrogen-bond acceptors (Lipinski definition) is 1. The largest absolute Gasteiger partial charge is 0.256 e. The summed E-state index contributed by atoms with van der Waals surface area (Å²) in [6.07, 6.45) is 5.73. The van der Waals surface area contributed by atoms with Gasteiger partial charge in [-0.3, -0.25) is 4.98 Å². The Labute approximate surface area is 127 Å². The van der Waals surface area contributed by atoms with Gasteiger partial charge in [0.15, 0.2) is 0 Å². The molecule has 3 aromatic rings. The molecule has 0 N–H and O–H groups in total. The molecule has 0 saturated carbocycles. The first kappa shape index (κ1) is 13.2. The lowest BCUT2D eigenvalue weighted by Crippen LogP contribution is -1.83. The summed E-state index contributed by atoms with van der Waals surface area (Å²) in [4.78, 5) is 4.41. The van der Waals surface area contributed by atoms with Gasteiger partial charge in [0.1, 0.15) is 0 Å². The summed E-state index contributed by atoms with van der Waals surface area (Å²) in [5.41, 5.74) is 1.85. The molecule has 2 aromatic carbocycles. The van der Waals surface area contributed by atoms with Crippen LogP contribution in [0.5, 0.6) is 0 Å². The van der Waals surface area contributed by atoms with E-state index in [4.69, 9.17) is 23.2 Å². The maximum absolute atomic E-state index is 6.16. The zero-order valence-corrected chi connectivity index (χ0v) is 12.1. The third-order valence-electron chi connectivity index (χ3n) is 3.09. The van der Waals surface area contributed by atoms with E-state index in [2.05, 4.69) is 17.1 Å². The molecule has 0 aliphatic rings. The Balaban J connectivity index is 2.02. The van der Waals surface area contributed by atoms with Crippen LogP contribution in [0.2, 0.25) is 10.0 Å². The fourth-order valence-corrected chi connectivity index (χ4v) is 2.55. The van der Waals surface area contributed by atoms with Crippen LogP contribution >= 0.6 is 23.2 Å². The summed E-state index contributed by atoms with van der Waals surface area (Å²) in [5, 5.41) is 3.56. The number of hydrogen-bond donors (Lipinski definition) is 0. The number of aromatic nitrogens is 1. The smallest absolute Gasteiger partial charge is 0.0708 e. The fraction of sp³-hybridized carbons (Fsp3) is 0. The Bertz CT molecular complexity index is 789. The van der Waals surface area contributed by atoms with Gasteiger partial charge in [-0.15, -0.1) is 0 Å². The molecule has 20 heavy (non-hydrogen) atoms. The standard InChI is InChI=1S/C17H11Cl2N/c18-14-7-5-13(16(19)11-14)6-8-17-15-4-2-1-3-12(15)9-10-20-17/h1-11H. The minimum Gasteiger partial charge on any atom is -0.256 e. The summed E-state index contributed by atoms with van der Waals surface area (Å²) >= 11 is 12.0. The molecule has 0 spiro atoms. The van der Waals surface area contributed by atoms with Gasteiger partial charge in [-0.2, -0.15) is 0 Å². The highest BCUT2D eigenvalue weighted by Gasteiger charge is 2.00. The van der Waals surface area contributed by atoms with E-state index in [1.165, 1.54) is 5.39 Å². The topological polar surface area (TPSA) is 12.9 Å². The first-order valence-corrected chi connectivity index (χ1v) is 6.96. The van der Waals surface area contributed by atoms with Crippen molar-refractivity contribution in [1.29, 1.82) is 0 Å². The van der Waals surface area contributed by atoms with Crippen molar-refractivity contribution in [2.75, 3.05) is 0 Å². The number of fused-ring (bicyclic) bond motifs is 1. The number of rotatable bonds is 2. The fourth-order valence-electron chi connectivity index (χ4n) is 2.08. The minimum atomic E-state index is 0.633. The first-order chi connectivity index (χ1) is 9.74. The summed E-state index contributed by atoms with van der Waals surface area (Å²) < 4.78 is 0. The molecule has 0 saturated heterocycles. The van der Waals surface area contributed by atoms with E-state index in [1.807, 2.05) is 48.7 Å². The number of nitrogens with zero attached hydrogens (tertiary/aromatic N) is 1. The average Bonchev–Trinajstić information content (AvgIpc) is 2.46. The molecule has 0 amide bonds. The second-order valence-electron chi connectivity index (χ2n) is 4.42. The molecule has 0 atom stereocenters. The zero-order valence-electron chi connectivity index (χ0n) is 10.6. The van der Waals surface area contributed by atoms with E-state index in [-0.39, 0.29) is 0 Å². The lowest BCUT2D eigenvalue weighted by atomic mass is 10.1. The van der Waals surface area contributed by atoms with Crippen molar-refractivity contribution in [3.63, 3.8) is 0 Å². The van der Waals surface area contributed by atoms with Crippen LogP contribution < -0.4 is 0 Å².